The van der Waals surface area contributed by atoms with Crippen LogP contribution in [0.4, 0.5) is 5.69 Å². The zero-order chi connectivity index (χ0) is 21.0. The predicted molar refractivity (Wildman–Crippen MR) is 113 cm³/mol. The summed E-state index contributed by atoms with van der Waals surface area (Å²) in [7, 11) is 0. The molecule has 29 heavy (non-hydrogen) atoms. The first-order valence-corrected chi connectivity index (χ1v) is 9.89. The molecule has 3 aromatic rings. The quantitative estimate of drug-likeness (QED) is 0.428. The molecule has 0 fully saturated rings. The Balaban J connectivity index is 2.07. The highest BCUT2D eigenvalue weighted by molar-refractivity contribution is 6.54. The third kappa shape index (κ3) is 4.65. The third-order valence-electron chi connectivity index (χ3n) is 3.98. The van der Waals surface area contributed by atoms with Crippen LogP contribution in [0.15, 0.2) is 47.2 Å². The van der Waals surface area contributed by atoms with Crippen LogP contribution in [0.1, 0.15) is 6.42 Å². The molecule has 0 N–H and O–H groups in total. The Morgan fingerprint density at radius 2 is 1.97 bits per heavy atom. The van der Waals surface area contributed by atoms with Crippen LogP contribution < -0.4 is 4.90 Å². The van der Waals surface area contributed by atoms with Crippen molar-refractivity contribution in [3.8, 4) is 28.7 Å². The van der Waals surface area contributed by atoms with Crippen LogP contribution in [-0.2, 0) is 4.79 Å². The summed E-state index contributed by atoms with van der Waals surface area (Å²) < 4.78 is 5.47. The van der Waals surface area contributed by atoms with E-state index in [4.69, 9.17) is 56.2 Å². The molecule has 0 spiro atoms. The average Bonchev–Trinajstić information content (AvgIpc) is 3.17. The van der Waals surface area contributed by atoms with Crippen LogP contribution in [0.3, 0.4) is 0 Å². The maximum Gasteiger partial charge on any atom is 0.260 e. The van der Waals surface area contributed by atoms with Gasteiger partial charge in [0.05, 0.1) is 33.8 Å². The largest absolute Gasteiger partial charge is 0.356 e. The summed E-state index contributed by atoms with van der Waals surface area (Å²) in [6.07, 6.45) is 3.11. The van der Waals surface area contributed by atoms with Crippen molar-refractivity contribution in [3.05, 3.63) is 52.8 Å². The van der Waals surface area contributed by atoms with E-state index >= 15 is 0 Å². The van der Waals surface area contributed by atoms with Crippen molar-refractivity contribution < 1.29 is 9.32 Å². The second-order valence-electron chi connectivity index (χ2n) is 5.76. The maximum atomic E-state index is 12.5. The number of anilines is 1. The fraction of sp³-hybridized carbons (Fsp3) is 0.158. The number of amides is 1. The summed E-state index contributed by atoms with van der Waals surface area (Å²) in [5.74, 6) is -0.237. The number of benzene rings is 1. The number of carbonyl (C=O) groups is 1. The van der Waals surface area contributed by atoms with Crippen molar-refractivity contribution in [3.63, 3.8) is 0 Å². The first kappa shape index (κ1) is 21.4. The summed E-state index contributed by atoms with van der Waals surface area (Å²) in [5.41, 5.74) is 1.84. The Morgan fingerprint density at radius 1 is 1.24 bits per heavy atom. The van der Waals surface area contributed by atoms with E-state index in [2.05, 4.69) is 10.1 Å². The smallest absolute Gasteiger partial charge is 0.260 e. The first-order chi connectivity index (χ1) is 13.9. The average molecular weight is 470 g/mol. The highest BCUT2D eigenvalue weighted by Gasteiger charge is 2.26. The van der Waals surface area contributed by atoms with Gasteiger partial charge in [0.15, 0.2) is 10.6 Å². The molecule has 10 heteroatoms. The number of rotatable bonds is 6. The van der Waals surface area contributed by atoms with E-state index < -0.39 is 10.7 Å². The Hall–Kier alpha value is -2.30. The van der Waals surface area contributed by atoms with Gasteiger partial charge in [0.25, 0.3) is 5.91 Å². The van der Waals surface area contributed by atoms with Crippen molar-refractivity contribution in [1.29, 1.82) is 5.26 Å². The third-order valence-corrected chi connectivity index (χ3v) is 4.99. The zero-order valence-corrected chi connectivity index (χ0v) is 17.7. The van der Waals surface area contributed by atoms with Gasteiger partial charge in [-0.05, 0) is 18.2 Å². The maximum absolute atomic E-state index is 12.5. The van der Waals surface area contributed by atoms with E-state index in [9.17, 15) is 4.79 Å². The van der Waals surface area contributed by atoms with Gasteiger partial charge in [-0.1, -0.05) is 57.6 Å². The second kappa shape index (κ2) is 9.47. The van der Waals surface area contributed by atoms with Crippen LogP contribution in [0.5, 0.6) is 0 Å². The van der Waals surface area contributed by atoms with Crippen molar-refractivity contribution >= 4 is 58.0 Å². The van der Waals surface area contributed by atoms with Crippen molar-refractivity contribution in [2.24, 2.45) is 0 Å². The molecule has 2 heterocycles. The Bertz CT molecular complexity index is 1060. The van der Waals surface area contributed by atoms with Crippen LogP contribution >= 0.6 is 46.4 Å². The lowest BCUT2D eigenvalue weighted by Gasteiger charge is -2.23. The number of pyridine rings is 1. The van der Waals surface area contributed by atoms with Gasteiger partial charge in [-0.2, -0.15) is 5.26 Å². The van der Waals surface area contributed by atoms with Crippen LogP contribution in [0.2, 0.25) is 10.0 Å². The number of hydrogen-bond acceptors (Lipinski definition) is 5. The number of hydrogen-bond donors (Lipinski definition) is 0. The van der Waals surface area contributed by atoms with Gasteiger partial charge in [0.1, 0.15) is 5.69 Å². The summed E-state index contributed by atoms with van der Waals surface area (Å²) in [4.78, 5) is 16.6. The lowest BCUT2D eigenvalue weighted by Crippen LogP contribution is -2.36. The van der Waals surface area contributed by atoms with Gasteiger partial charge in [0.2, 0.25) is 0 Å². The Morgan fingerprint density at radius 3 is 2.62 bits per heavy atom. The van der Waals surface area contributed by atoms with E-state index in [1.807, 2.05) is 6.07 Å². The zero-order valence-electron chi connectivity index (χ0n) is 14.7. The molecule has 0 radical (unpaired) electrons. The molecule has 1 amide bonds. The number of nitriles is 1. The summed E-state index contributed by atoms with van der Waals surface area (Å²) in [6.45, 7) is 0.0968. The van der Waals surface area contributed by atoms with E-state index in [1.54, 1.807) is 30.3 Å². The monoisotopic (exact) mass is 468 g/mol. The molecule has 0 aliphatic carbocycles. The summed E-state index contributed by atoms with van der Waals surface area (Å²) in [6, 6.07) is 10.3. The summed E-state index contributed by atoms with van der Waals surface area (Å²) >= 11 is 24.0. The molecule has 6 nitrogen and oxygen atoms in total. The highest BCUT2D eigenvalue weighted by Crippen LogP contribution is 2.38. The SMILES string of the molecule is N#CCCN(C(=O)C(Cl)Cl)c1ccncc1-c1cc(-c2c(Cl)cccc2Cl)no1. The molecule has 0 aliphatic heterocycles. The van der Waals surface area contributed by atoms with E-state index in [1.165, 1.54) is 17.3 Å². The van der Waals surface area contributed by atoms with E-state index in [0.717, 1.165) is 0 Å². The molecular formula is C19H12Cl4N4O2. The molecule has 0 saturated carbocycles. The minimum absolute atomic E-state index is 0.0882. The number of carbonyl (C=O) groups excluding carboxylic acids is 1. The molecule has 3 rings (SSSR count). The van der Waals surface area contributed by atoms with Gasteiger partial charge in [0, 0.05) is 30.6 Å². The first-order valence-electron chi connectivity index (χ1n) is 8.26. The summed E-state index contributed by atoms with van der Waals surface area (Å²) in [5, 5.41) is 13.8. The van der Waals surface area contributed by atoms with E-state index in [0.29, 0.717) is 38.3 Å². The van der Waals surface area contributed by atoms with Crippen LogP contribution in [0.25, 0.3) is 22.6 Å². The fourth-order valence-corrected chi connectivity index (χ4v) is 3.53. The lowest BCUT2D eigenvalue weighted by atomic mass is 10.1. The molecule has 0 bridgehead atoms. The van der Waals surface area contributed by atoms with Crippen LogP contribution in [-0.4, -0.2) is 27.4 Å². The standard InChI is InChI=1S/C19H12Cl4N4O2/c20-12-3-1-4-13(21)17(12)14-9-16(29-26-14)11-10-25-7-5-15(11)27(8-2-6-24)19(28)18(22)23/h1,3-5,7,9-10,18H,2,8H2. The molecule has 1 aromatic carbocycles. The molecular weight excluding hydrogens is 458 g/mol. The lowest BCUT2D eigenvalue weighted by molar-refractivity contribution is -0.117. The molecule has 0 atom stereocenters. The molecule has 0 saturated heterocycles. The van der Waals surface area contributed by atoms with Gasteiger partial charge in [-0.15, -0.1) is 0 Å². The van der Waals surface area contributed by atoms with Gasteiger partial charge >= 0.3 is 0 Å². The number of alkyl halides is 2. The minimum Gasteiger partial charge on any atom is -0.356 e. The second-order valence-corrected chi connectivity index (χ2v) is 7.68. The number of nitrogens with zero attached hydrogens (tertiary/aromatic N) is 4. The Kier molecular flexibility index (Phi) is 6.99. The normalized spacial score (nSPS) is 10.8. The van der Waals surface area contributed by atoms with Gasteiger partial charge in [-0.25, -0.2) is 0 Å². The molecule has 2 aromatic heterocycles. The van der Waals surface area contributed by atoms with Gasteiger partial charge in [-0.3, -0.25) is 9.78 Å². The topological polar surface area (TPSA) is 83.0 Å². The van der Waals surface area contributed by atoms with Gasteiger partial charge < -0.3 is 9.42 Å². The van der Waals surface area contributed by atoms with Crippen LogP contribution in [0, 0.1) is 11.3 Å². The number of aromatic nitrogens is 2. The molecule has 148 valence electrons. The molecule has 0 aliphatic rings. The minimum atomic E-state index is -1.29. The Labute approximate surface area is 186 Å². The van der Waals surface area contributed by atoms with Crippen molar-refractivity contribution in [2.45, 2.75) is 11.3 Å². The predicted octanol–water partition coefficient (Wildman–Crippen LogP) is 5.76. The highest BCUT2D eigenvalue weighted by atomic mass is 35.5. The number of halogens is 4. The molecule has 0 unspecified atom stereocenters. The fourth-order valence-electron chi connectivity index (χ4n) is 2.70. The van der Waals surface area contributed by atoms with Crippen molar-refractivity contribution in [2.75, 3.05) is 11.4 Å². The van der Waals surface area contributed by atoms with Crippen molar-refractivity contribution in [1.82, 2.24) is 10.1 Å². The van der Waals surface area contributed by atoms with E-state index in [-0.39, 0.29) is 13.0 Å².